The number of aromatic nitrogens is 1. The minimum Gasteiger partial charge on any atom is -0.329 e. The number of hydrogen-bond donors (Lipinski definition) is 1. The Kier molecular flexibility index (Phi) is 4.87. The Morgan fingerprint density at radius 1 is 1.05 bits per heavy atom. The van der Waals surface area contributed by atoms with Crippen molar-refractivity contribution in [2.45, 2.75) is 6.54 Å². The van der Waals surface area contributed by atoms with Gasteiger partial charge in [0, 0.05) is 22.9 Å². The summed E-state index contributed by atoms with van der Waals surface area (Å²) in [6, 6.07) is 18.3. The molecular weight excluding hydrogens is 358 g/mol. The van der Waals surface area contributed by atoms with Crippen molar-refractivity contribution in [1.82, 2.24) is 4.57 Å². The van der Waals surface area contributed by atoms with Gasteiger partial charge in [0.05, 0.1) is 11.4 Å². The highest BCUT2D eigenvalue weighted by Gasteiger charge is 2.07. The Balaban J connectivity index is 2.09. The maximum Gasteiger partial charge on any atom is 0.190 e. The van der Waals surface area contributed by atoms with Gasteiger partial charge in [-0.25, -0.2) is 4.99 Å². The largest absolute Gasteiger partial charge is 0.329 e. The first-order valence-electron chi connectivity index (χ1n) is 7.02. The van der Waals surface area contributed by atoms with Crippen molar-refractivity contribution in [1.29, 1.82) is 0 Å². The van der Waals surface area contributed by atoms with Gasteiger partial charge in [0.2, 0.25) is 0 Å². The molecule has 0 fully saturated rings. The van der Waals surface area contributed by atoms with Crippen LogP contribution in [0.5, 0.6) is 0 Å². The molecule has 3 nitrogen and oxygen atoms in total. The Bertz CT molecular complexity index is 804. The number of nitrogens with zero attached hydrogens (tertiary/aromatic N) is 2. The maximum absolute atomic E-state index is 5.79. The van der Waals surface area contributed by atoms with Crippen LogP contribution in [0.25, 0.3) is 11.3 Å². The summed E-state index contributed by atoms with van der Waals surface area (Å²) in [6.45, 7) is 1.34. The Hall–Kier alpha value is -1.69. The first kappa shape index (κ1) is 15.2. The van der Waals surface area contributed by atoms with Crippen LogP contribution in [-0.4, -0.2) is 11.1 Å². The van der Waals surface area contributed by atoms with Crippen LogP contribution in [0.3, 0.4) is 0 Å². The molecule has 0 atom stereocenters. The molecule has 0 aliphatic carbocycles. The number of thiazole rings is 1. The second-order valence-corrected chi connectivity index (χ2v) is 6.55. The maximum atomic E-state index is 5.79. The van der Waals surface area contributed by atoms with Crippen LogP contribution >= 0.6 is 27.3 Å². The van der Waals surface area contributed by atoms with Crippen LogP contribution < -0.4 is 10.5 Å². The number of nitrogens with two attached hydrogens (primary N) is 1. The van der Waals surface area contributed by atoms with E-state index >= 15 is 0 Å². The molecule has 0 aliphatic rings. The Morgan fingerprint density at radius 2 is 1.77 bits per heavy atom. The molecule has 0 saturated heterocycles. The average Bonchev–Trinajstić information content (AvgIpc) is 2.92. The van der Waals surface area contributed by atoms with E-state index in [0.29, 0.717) is 6.54 Å². The van der Waals surface area contributed by atoms with Crippen molar-refractivity contribution in [3.63, 3.8) is 0 Å². The van der Waals surface area contributed by atoms with E-state index in [1.54, 1.807) is 11.3 Å². The van der Waals surface area contributed by atoms with Gasteiger partial charge in [0.15, 0.2) is 4.80 Å². The Labute approximate surface area is 141 Å². The standard InChI is InChI=1S/C17H16BrN3S/c18-14-8-6-13(7-9-14)16-12-22-17(21(16)11-10-19)20-15-4-2-1-3-5-15/h1-9,12H,10-11,19H2/b20-17+. The molecular formula is C17H16BrN3S. The molecule has 1 heterocycles. The van der Waals surface area contributed by atoms with E-state index in [1.165, 1.54) is 5.56 Å². The quantitative estimate of drug-likeness (QED) is 0.732. The molecule has 0 spiro atoms. The normalized spacial score (nSPS) is 11.8. The van der Waals surface area contributed by atoms with Crippen LogP contribution in [0.4, 0.5) is 5.69 Å². The van der Waals surface area contributed by atoms with E-state index in [0.717, 1.165) is 27.2 Å². The monoisotopic (exact) mass is 373 g/mol. The van der Waals surface area contributed by atoms with Gasteiger partial charge in [-0.1, -0.05) is 46.3 Å². The van der Waals surface area contributed by atoms with Crippen molar-refractivity contribution in [3.8, 4) is 11.3 Å². The number of hydrogen-bond acceptors (Lipinski definition) is 3. The summed E-state index contributed by atoms with van der Waals surface area (Å²) in [6.07, 6.45) is 0. The zero-order valence-electron chi connectivity index (χ0n) is 11.9. The predicted molar refractivity (Wildman–Crippen MR) is 96.2 cm³/mol. The third-order valence-electron chi connectivity index (χ3n) is 3.27. The van der Waals surface area contributed by atoms with E-state index in [1.807, 2.05) is 42.5 Å². The lowest BCUT2D eigenvalue weighted by Crippen LogP contribution is -2.20. The van der Waals surface area contributed by atoms with Crippen LogP contribution in [-0.2, 0) is 6.54 Å². The van der Waals surface area contributed by atoms with Crippen molar-refractivity contribution in [2.75, 3.05) is 6.54 Å². The molecule has 1 aromatic heterocycles. The van der Waals surface area contributed by atoms with E-state index in [4.69, 9.17) is 10.7 Å². The molecule has 2 N–H and O–H groups in total. The zero-order chi connectivity index (χ0) is 15.4. The van der Waals surface area contributed by atoms with Gasteiger partial charge in [-0.15, -0.1) is 11.3 Å². The summed E-state index contributed by atoms with van der Waals surface area (Å²) in [5.74, 6) is 0. The fourth-order valence-corrected chi connectivity index (χ4v) is 3.45. The van der Waals surface area contributed by atoms with Gasteiger partial charge in [-0.05, 0) is 29.8 Å². The molecule has 0 aliphatic heterocycles. The second kappa shape index (κ2) is 7.05. The van der Waals surface area contributed by atoms with Gasteiger partial charge in [0.25, 0.3) is 0 Å². The van der Waals surface area contributed by atoms with Gasteiger partial charge < -0.3 is 10.3 Å². The number of benzene rings is 2. The summed E-state index contributed by atoms with van der Waals surface area (Å²) in [4.78, 5) is 5.71. The highest BCUT2D eigenvalue weighted by atomic mass is 79.9. The molecule has 5 heteroatoms. The second-order valence-electron chi connectivity index (χ2n) is 4.80. The van der Waals surface area contributed by atoms with E-state index in [-0.39, 0.29) is 0 Å². The fraction of sp³-hybridized carbons (Fsp3) is 0.118. The molecule has 3 aromatic rings. The molecule has 0 unspecified atom stereocenters. The van der Waals surface area contributed by atoms with Crippen molar-refractivity contribution >= 4 is 33.0 Å². The summed E-state index contributed by atoms with van der Waals surface area (Å²) in [5, 5.41) is 2.14. The Morgan fingerprint density at radius 3 is 2.45 bits per heavy atom. The molecule has 0 bridgehead atoms. The molecule has 3 rings (SSSR count). The van der Waals surface area contributed by atoms with E-state index in [9.17, 15) is 0 Å². The average molecular weight is 374 g/mol. The summed E-state index contributed by atoms with van der Waals surface area (Å²) < 4.78 is 3.26. The number of halogens is 1. The third kappa shape index (κ3) is 3.38. The predicted octanol–water partition coefficient (Wildman–Crippen LogP) is 4.17. The van der Waals surface area contributed by atoms with Crippen molar-refractivity contribution in [2.24, 2.45) is 10.7 Å². The van der Waals surface area contributed by atoms with Crippen LogP contribution in [0, 0.1) is 0 Å². The van der Waals surface area contributed by atoms with Crippen LogP contribution in [0.2, 0.25) is 0 Å². The lowest BCUT2D eigenvalue weighted by molar-refractivity contribution is 0.695. The summed E-state index contributed by atoms with van der Waals surface area (Å²) in [7, 11) is 0. The molecule has 112 valence electrons. The first-order chi connectivity index (χ1) is 10.8. The van der Waals surface area contributed by atoms with Crippen molar-refractivity contribution < 1.29 is 0 Å². The highest BCUT2D eigenvalue weighted by Crippen LogP contribution is 2.22. The van der Waals surface area contributed by atoms with E-state index < -0.39 is 0 Å². The first-order valence-corrected chi connectivity index (χ1v) is 8.69. The van der Waals surface area contributed by atoms with Gasteiger partial charge >= 0.3 is 0 Å². The van der Waals surface area contributed by atoms with E-state index in [2.05, 4.69) is 38.0 Å². The van der Waals surface area contributed by atoms with Gasteiger partial charge in [-0.3, -0.25) is 0 Å². The zero-order valence-corrected chi connectivity index (χ0v) is 14.3. The highest BCUT2D eigenvalue weighted by molar-refractivity contribution is 9.10. The van der Waals surface area contributed by atoms with Gasteiger partial charge in [0.1, 0.15) is 0 Å². The third-order valence-corrected chi connectivity index (χ3v) is 4.66. The minimum atomic E-state index is 0.586. The smallest absolute Gasteiger partial charge is 0.190 e. The minimum absolute atomic E-state index is 0.586. The molecule has 22 heavy (non-hydrogen) atoms. The topological polar surface area (TPSA) is 43.3 Å². The lowest BCUT2D eigenvalue weighted by atomic mass is 10.2. The molecule has 0 amide bonds. The number of rotatable bonds is 4. The lowest BCUT2D eigenvalue weighted by Gasteiger charge is -2.07. The van der Waals surface area contributed by atoms with Crippen LogP contribution in [0.1, 0.15) is 0 Å². The molecule has 0 saturated carbocycles. The SMILES string of the molecule is NCCn1c(-c2ccc(Br)cc2)cs/c1=N/c1ccccc1. The summed E-state index contributed by atoms with van der Waals surface area (Å²) >= 11 is 5.11. The number of para-hydroxylation sites is 1. The molecule has 2 aromatic carbocycles. The summed E-state index contributed by atoms with van der Waals surface area (Å²) in [5.41, 5.74) is 9.06. The van der Waals surface area contributed by atoms with Crippen LogP contribution in [0.15, 0.2) is 69.4 Å². The molecule has 0 radical (unpaired) electrons. The van der Waals surface area contributed by atoms with Crippen molar-refractivity contribution in [3.05, 3.63) is 69.3 Å². The van der Waals surface area contributed by atoms with Gasteiger partial charge in [-0.2, -0.15) is 0 Å². The fourth-order valence-electron chi connectivity index (χ4n) is 2.23.